The van der Waals surface area contributed by atoms with E-state index < -0.39 is 5.97 Å². The maximum Gasteiger partial charge on any atom is 0.305 e. The first kappa shape index (κ1) is 13.4. The minimum absolute atomic E-state index is 0.190. The van der Waals surface area contributed by atoms with Crippen LogP contribution in [0.1, 0.15) is 6.42 Å². The van der Waals surface area contributed by atoms with Crippen LogP contribution in [0.5, 0.6) is 0 Å². The molecule has 0 amide bonds. The molecule has 0 bridgehead atoms. The summed E-state index contributed by atoms with van der Waals surface area (Å²) in [6.45, 7) is 2.32. The molecule has 1 aromatic carbocycles. The molecule has 5 heteroatoms. The summed E-state index contributed by atoms with van der Waals surface area (Å²) in [6.07, 6.45) is 0.190. The standard InChI is InChI=1S/C13H18N2O2S/c16-12(17)8-13(9-14-10-13)15-6-7-18-11-4-2-1-3-5-11/h1-5,14-15H,6-10H2,(H,16,17). The van der Waals surface area contributed by atoms with E-state index in [-0.39, 0.29) is 12.0 Å². The third kappa shape index (κ3) is 3.73. The Bertz CT molecular complexity index is 393. The molecular formula is C13H18N2O2S. The largest absolute Gasteiger partial charge is 0.481 e. The molecule has 1 saturated heterocycles. The first-order chi connectivity index (χ1) is 8.70. The van der Waals surface area contributed by atoms with Gasteiger partial charge in [-0.1, -0.05) is 18.2 Å². The molecule has 1 heterocycles. The monoisotopic (exact) mass is 266 g/mol. The van der Waals surface area contributed by atoms with Crippen molar-refractivity contribution in [1.29, 1.82) is 0 Å². The van der Waals surface area contributed by atoms with Crippen LogP contribution in [0, 0.1) is 0 Å². The average Bonchev–Trinajstić information content (AvgIpc) is 2.32. The molecular weight excluding hydrogens is 248 g/mol. The zero-order chi connectivity index (χ0) is 12.8. The van der Waals surface area contributed by atoms with Crippen molar-refractivity contribution in [3.8, 4) is 0 Å². The lowest BCUT2D eigenvalue weighted by molar-refractivity contribution is -0.139. The molecule has 2 rings (SSSR count). The lowest BCUT2D eigenvalue weighted by Gasteiger charge is -2.42. The van der Waals surface area contributed by atoms with E-state index >= 15 is 0 Å². The Kier molecular flexibility index (Phi) is 4.63. The Labute approximate surface area is 111 Å². The van der Waals surface area contributed by atoms with Gasteiger partial charge in [-0.05, 0) is 12.1 Å². The maximum atomic E-state index is 10.8. The van der Waals surface area contributed by atoms with Gasteiger partial charge in [0.2, 0.25) is 0 Å². The summed E-state index contributed by atoms with van der Waals surface area (Å²) in [5, 5.41) is 15.4. The van der Waals surface area contributed by atoms with Gasteiger partial charge in [-0.25, -0.2) is 0 Å². The number of aliphatic carboxylic acids is 1. The summed E-state index contributed by atoms with van der Waals surface area (Å²) in [5.41, 5.74) is -0.233. The highest BCUT2D eigenvalue weighted by molar-refractivity contribution is 7.99. The molecule has 1 aliphatic heterocycles. The predicted molar refractivity (Wildman–Crippen MR) is 73.0 cm³/mol. The van der Waals surface area contributed by atoms with Crippen molar-refractivity contribution >= 4 is 17.7 Å². The van der Waals surface area contributed by atoms with Gasteiger partial charge in [0.15, 0.2) is 0 Å². The average molecular weight is 266 g/mol. The van der Waals surface area contributed by atoms with Crippen molar-refractivity contribution in [3.05, 3.63) is 30.3 Å². The minimum Gasteiger partial charge on any atom is -0.481 e. The Morgan fingerprint density at radius 1 is 1.39 bits per heavy atom. The number of carboxylic acids is 1. The molecule has 1 aromatic rings. The van der Waals surface area contributed by atoms with E-state index in [1.54, 1.807) is 11.8 Å². The van der Waals surface area contributed by atoms with Crippen molar-refractivity contribution in [2.75, 3.05) is 25.4 Å². The maximum absolute atomic E-state index is 10.8. The van der Waals surface area contributed by atoms with Gasteiger partial charge in [0.25, 0.3) is 0 Å². The second-order valence-corrected chi connectivity index (χ2v) is 5.71. The van der Waals surface area contributed by atoms with Crippen LogP contribution < -0.4 is 10.6 Å². The fourth-order valence-electron chi connectivity index (χ4n) is 2.03. The Morgan fingerprint density at radius 2 is 2.11 bits per heavy atom. The van der Waals surface area contributed by atoms with Crippen LogP contribution in [0.2, 0.25) is 0 Å². The number of carbonyl (C=O) groups is 1. The van der Waals surface area contributed by atoms with Gasteiger partial charge in [-0.15, -0.1) is 11.8 Å². The van der Waals surface area contributed by atoms with E-state index in [4.69, 9.17) is 5.11 Å². The molecule has 1 aliphatic rings. The minimum atomic E-state index is -0.736. The Morgan fingerprint density at radius 3 is 2.67 bits per heavy atom. The summed E-state index contributed by atoms with van der Waals surface area (Å²) >= 11 is 1.78. The van der Waals surface area contributed by atoms with Gasteiger partial charge in [0.05, 0.1) is 12.0 Å². The summed E-state index contributed by atoms with van der Waals surface area (Å²) in [6, 6.07) is 10.2. The van der Waals surface area contributed by atoms with E-state index in [1.807, 2.05) is 18.2 Å². The first-order valence-corrected chi connectivity index (χ1v) is 7.04. The van der Waals surface area contributed by atoms with E-state index in [0.717, 1.165) is 25.4 Å². The second kappa shape index (κ2) is 6.22. The summed E-state index contributed by atoms with van der Waals surface area (Å²) in [4.78, 5) is 12.0. The zero-order valence-corrected chi connectivity index (χ0v) is 11.0. The van der Waals surface area contributed by atoms with Gasteiger partial charge < -0.3 is 15.7 Å². The van der Waals surface area contributed by atoms with Gasteiger partial charge in [-0.3, -0.25) is 4.79 Å². The molecule has 0 aromatic heterocycles. The second-order valence-electron chi connectivity index (χ2n) is 4.54. The fourth-order valence-corrected chi connectivity index (χ4v) is 2.82. The molecule has 0 saturated carbocycles. The van der Waals surface area contributed by atoms with E-state index in [1.165, 1.54) is 4.90 Å². The molecule has 0 radical (unpaired) electrons. The molecule has 0 unspecified atom stereocenters. The summed E-state index contributed by atoms with van der Waals surface area (Å²) in [5.74, 6) is 0.213. The SMILES string of the molecule is O=C(O)CC1(NCCSc2ccccc2)CNC1. The van der Waals surface area contributed by atoms with Gasteiger partial charge in [0, 0.05) is 30.3 Å². The van der Waals surface area contributed by atoms with Crippen LogP contribution in [0.4, 0.5) is 0 Å². The van der Waals surface area contributed by atoms with Crippen LogP contribution in [0.3, 0.4) is 0 Å². The molecule has 0 atom stereocenters. The Hall–Kier alpha value is -1.04. The summed E-state index contributed by atoms with van der Waals surface area (Å²) in [7, 11) is 0. The smallest absolute Gasteiger partial charge is 0.305 e. The molecule has 0 spiro atoms. The van der Waals surface area contributed by atoms with Gasteiger partial charge in [0.1, 0.15) is 0 Å². The fraction of sp³-hybridized carbons (Fsp3) is 0.462. The number of hydrogen-bond donors (Lipinski definition) is 3. The quantitative estimate of drug-likeness (QED) is 0.511. The Balaban J connectivity index is 1.70. The molecule has 3 N–H and O–H groups in total. The lowest BCUT2D eigenvalue weighted by atomic mass is 9.88. The van der Waals surface area contributed by atoms with Gasteiger partial charge >= 0.3 is 5.97 Å². The number of thioether (sulfide) groups is 1. The highest BCUT2D eigenvalue weighted by Crippen LogP contribution is 2.18. The van der Waals surface area contributed by atoms with E-state index in [9.17, 15) is 4.79 Å². The van der Waals surface area contributed by atoms with Crippen molar-refractivity contribution in [1.82, 2.24) is 10.6 Å². The highest BCUT2D eigenvalue weighted by atomic mass is 32.2. The number of benzene rings is 1. The molecule has 0 aliphatic carbocycles. The van der Waals surface area contributed by atoms with Crippen LogP contribution in [0.15, 0.2) is 35.2 Å². The van der Waals surface area contributed by atoms with Crippen LogP contribution in [0.25, 0.3) is 0 Å². The van der Waals surface area contributed by atoms with Crippen molar-refractivity contribution in [3.63, 3.8) is 0 Å². The van der Waals surface area contributed by atoms with Crippen LogP contribution in [-0.2, 0) is 4.79 Å². The molecule has 4 nitrogen and oxygen atoms in total. The normalized spacial score (nSPS) is 17.1. The molecule has 98 valence electrons. The molecule has 18 heavy (non-hydrogen) atoms. The number of rotatable bonds is 7. The summed E-state index contributed by atoms with van der Waals surface area (Å²) < 4.78 is 0. The third-order valence-corrected chi connectivity index (χ3v) is 4.04. The number of carboxylic acid groups (broad SMARTS) is 1. The van der Waals surface area contributed by atoms with Gasteiger partial charge in [-0.2, -0.15) is 0 Å². The van der Waals surface area contributed by atoms with E-state index in [0.29, 0.717) is 0 Å². The molecule has 1 fully saturated rings. The third-order valence-electron chi connectivity index (χ3n) is 3.03. The predicted octanol–water partition coefficient (Wildman–Crippen LogP) is 1.18. The van der Waals surface area contributed by atoms with Crippen molar-refractivity contribution < 1.29 is 9.90 Å². The van der Waals surface area contributed by atoms with Crippen molar-refractivity contribution in [2.45, 2.75) is 16.9 Å². The van der Waals surface area contributed by atoms with Crippen LogP contribution in [-0.4, -0.2) is 42.0 Å². The highest BCUT2D eigenvalue weighted by Gasteiger charge is 2.38. The van der Waals surface area contributed by atoms with Crippen LogP contribution >= 0.6 is 11.8 Å². The topological polar surface area (TPSA) is 61.4 Å². The van der Waals surface area contributed by atoms with Crippen molar-refractivity contribution in [2.24, 2.45) is 0 Å². The lowest BCUT2D eigenvalue weighted by Crippen LogP contribution is -2.68. The number of nitrogens with one attached hydrogen (secondary N) is 2. The zero-order valence-electron chi connectivity index (χ0n) is 10.2. The number of hydrogen-bond acceptors (Lipinski definition) is 4. The first-order valence-electron chi connectivity index (χ1n) is 6.06. The van der Waals surface area contributed by atoms with E-state index in [2.05, 4.69) is 22.8 Å².